The maximum atomic E-state index is 12.2. The molecule has 0 aromatic heterocycles. The Morgan fingerprint density at radius 3 is 2.15 bits per heavy atom. The monoisotopic (exact) mass is 286 g/mol. The fraction of sp³-hybridized carbons (Fsp3) is 0.867. The summed E-state index contributed by atoms with van der Waals surface area (Å²) in [6, 6.07) is 0. The SMILES string of the molecule is CC(C)CN(CC(=O)O)C(=O)CCC(CCN)C(C)C. The molecule has 0 aliphatic carbocycles. The van der Waals surface area contributed by atoms with E-state index in [1.54, 1.807) is 0 Å². The van der Waals surface area contributed by atoms with Gasteiger partial charge in [0.05, 0.1) is 0 Å². The third-order valence-electron chi connectivity index (χ3n) is 3.47. The summed E-state index contributed by atoms with van der Waals surface area (Å²) in [5.74, 6) is 0.160. The van der Waals surface area contributed by atoms with E-state index in [2.05, 4.69) is 13.8 Å². The number of nitrogens with two attached hydrogens (primary N) is 1. The zero-order valence-electron chi connectivity index (χ0n) is 13.3. The molecule has 1 unspecified atom stereocenters. The minimum atomic E-state index is -0.957. The predicted octanol–water partition coefficient (Wildman–Crippen LogP) is 1.96. The lowest BCUT2D eigenvalue weighted by Crippen LogP contribution is -2.38. The summed E-state index contributed by atoms with van der Waals surface area (Å²) in [6.45, 7) is 9.14. The van der Waals surface area contributed by atoms with Gasteiger partial charge in [-0.25, -0.2) is 0 Å². The fourth-order valence-electron chi connectivity index (χ4n) is 2.35. The Bertz CT molecular complexity index is 303. The lowest BCUT2D eigenvalue weighted by Gasteiger charge is -2.25. The number of rotatable bonds is 10. The van der Waals surface area contributed by atoms with Crippen molar-refractivity contribution in [2.75, 3.05) is 19.6 Å². The van der Waals surface area contributed by atoms with Gasteiger partial charge < -0.3 is 15.7 Å². The van der Waals surface area contributed by atoms with E-state index in [1.807, 2.05) is 13.8 Å². The van der Waals surface area contributed by atoms with Gasteiger partial charge in [0.1, 0.15) is 6.54 Å². The quantitative estimate of drug-likeness (QED) is 0.643. The predicted molar refractivity (Wildman–Crippen MR) is 80.3 cm³/mol. The number of nitrogens with zero attached hydrogens (tertiary/aromatic N) is 1. The first kappa shape index (κ1) is 18.9. The first-order valence-electron chi connectivity index (χ1n) is 7.47. The van der Waals surface area contributed by atoms with Crippen LogP contribution < -0.4 is 5.73 Å². The average Bonchev–Trinajstić information content (AvgIpc) is 2.31. The van der Waals surface area contributed by atoms with Crippen molar-refractivity contribution in [3.8, 4) is 0 Å². The maximum Gasteiger partial charge on any atom is 0.323 e. The van der Waals surface area contributed by atoms with Crippen LogP contribution in [0.2, 0.25) is 0 Å². The number of carbonyl (C=O) groups is 2. The molecule has 5 nitrogen and oxygen atoms in total. The van der Waals surface area contributed by atoms with Gasteiger partial charge in [0, 0.05) is 13.0 Å². The van der Waals surface area contributed by atoms with Crippen molar-refractivity contribution in [2.24, 2.45) is 23.5 Å². The van der Waals surface area contributed by atoms with Gasteiger partial charge in [-0.3, -0.25) is 9.59 Å². The Morgan fingerprint density at radius 1 is 1.15 bits per heavy atom. The number of hydrogen-bond donors (Lipinski definition) is 2. The number of amides is 1. The minimum Gasteiger partial charge on any atom is -0.480 e. The molecule has 3 N–H and O–H groups in total. The molecule has 1 amide bonds. The van der Waals surface area contributed by atoms with Crippen LogP contribution in [-0.4, -0.2) is 41.5 Å². The summed E-state index contributed by atoms with van der Waals surface area (Å²) in [6.07, 6.45) is 2.10. The Balaban J connectivity index is 4.46. The van der Waals surface area contributed by atoms with Crippen LogP contribution in [0.4, 0.5) is 0 Å². The topological polar surface area (TPSA) is 83.6 Å². The third kappa shape index (κ3) is 8.15. The van der Waals surface area contributed by atoms with E-state index in [1.165, 1.54) is 4.90 Å². The molecular weight excluding hydrogens is 256 g/mol. The normalized spacial score (nSPS) is 12.8. The molecule has 0 fully saturated rings. The van der Waals surface area contributed by atoms with Gasteiger partial charge in [-0.05, 0) is 37.1 Å². The molecule has 0 aromatic rings. The van der Waals surface area contributed by atoms with Gasteiger partial charge in [0.15, 0.2) is 0 Å². The van der Waals surface area contributed by atoms with Crippen molar-refractivity contribution in [2.45, 2.75) is 47.0 Å². The number of aliphatic carboxylic acids is 1. The van der Waals surface area contributed by atoms with Gasteiger partial charge in [0.2, 0.25) is 5.91 Å². The number of hydrogen-bond acceptors (Lipinski definition) is 3. The molecule has 20 heavy (non-hydrogen) atoms. The molecule has 0 saturated heterocycles. The standard InChI is InChI=1S/C15H30N2O3/c1-11(2)9-17(10-15(19)20)14(18)6-5-13(7-8-16)12(3)4/h11-13H,5-10,16H2,1-4H3,(H,19,20). The van der Waals surface area contributed by atoms with Gasteiger partial charge >= 0.3 is 5.97 Å². The van der Waals surface area contributed by atoms with E-state index < -0.39 is 5.97 Å². The highest BCUT2D eigenvalue weighted by atomic mass is 16.4. The summed E-state index contributed by atoms with van der Waals surface area (Å²) in [4.78, 5) is 24.5. The Labute approximate surface area is 122 Å². The van der Waals surface area contributed by atoms with Gasteiger partial charge in [0.25, 0.3) is 0 Å². The highest BCUT2D eigenvalue weighted by Crippen LogP contribution is 2.21. The van der Waals surface area contributed by atoms with Crippen molar-refractivity contribution >= 4 is 11.9 Å². The summed E-state index contributed by atoms with van der Waals surface area (Å²) in [5.41, 5.74) is 5.59. The van der Waals surface area contributed by atoms with Crippen LogP contribution in [0, 0.1) is 17.8 Å². The second-order valence-corrected chi connectivity index (χ2v) is 6.18. The number of carbonyl (C=O) groups excluding carboxylic acids is 1. The van der Waals surface area contributed by atoms with Crippen molar-refractivity contribution in [3.63, 3.8) is 0 Å². The van der Waals surface area contributed by atoms with E-state index in [0.717, 1.165) is 12.8 Å². The smallest absolute Gasteiger partial charge is 0.323 e. The van der Waals surface area contributed by atoms with Crippen LogP contribution in [0.3, 0.4) is 0 Å². The van der Waals surface area contributed by atoms with E-state index in [4.69, 9.17) is 10.8 Å². The maximum absolute atomic E-state index is 12.2. The lowest BCUT2D eigenvalue weighted by atomic mass is 9.88. The van der Waals surface area contributed by atoms with E-state index >= 15 is 0 Å². The van der Waals surface area contributed by atoms with Crippen LogP contribution in [0.5, 0.6) is 0 Å². The second kappa shape index (κ2) is 9.75. The van der Waals surface area contributed by atoms with Crippen molar-refractivity contribution < 1.29 is 14.7 Å². The summed E-state index contributed by atoms with van der Waals surface area (Å²) >= 11 is 0. The molecule has 0 aliphatic heterocycles. The molecule has 0 spiro atoms. The molecule has 0 bridgehead atoms. The number of carboxylic acids is 1. The molecule has 1 atom stereocenters. The highest BCUT2D eigenvalue weighted by Gasteiger charge is 2.20. The Kier molecular flexibility index (Phi) is 9.21. The lowest BCUT2D eigenvalue weighted by molar-refractivity contribution is -0.145. The van der Waals surface area contributed by atoms with Crippen molar-refractivity contribution in [1.82, 2.24) is 4.90 Å². The number of carboxylic acid groups (broad SMARTS) is 1. The van der Waals surface area contributed by atoms with Crippen LogP contribution in [0.15, 0.2) is 0 Å². The van der Waals surface area contributed by atoms with Crippen LogP contribution in [0.25, 0.3) is 0 Å². The minimum absolute atomic E-state index is 0.0660. The van der Waals surface area contributed by atoms with E-state index in [0.29, 0.717) is 31.3 Å². The zero-order valence-corrected chi connectivity index (χ0v) is 13.3. The van der Waals surface area contributed by atoms with Crippen molar-refractivity contribution in [1.29, 1.82) is 0 Å². The molecule has 0 heterocycles. The van der Waals surface area contributed by atoms with Gasteiger partial charge in [-0.2, -0.15) is 0 Å². The van der Waals surface area contributed by atoms with E-state index in [9.17, 15) is 9.59 Å². The molecule has 118 valence electrons. The largest absolute Gasteiger partial charge is 0.480 e. The highest BCUT2D eigenvalue weighted by molar-refractivity contribution is 5.81. The van der Waals surface area contributed by atoms with Crippen LogP contribution in [-0.2, 0) is 9.59 Å². The molecule has 0 aromatic carbocycles. The molecular formula is C15H30N2O3. The van der Waals surface area contributed by atoms with Crippen LogP contribution >= 0.6 is 0 Å². The summed E-state index contributed by atoms with van der Waals surface area (Å²) in [7, 11) is 0. The van der Waals surface area contributed by atoms with Gasteiger partial charge in [-0.15, -0.1) is 0 Å². The average molecular weight is 286 g/mol. The fourth-order valence-corrected chi connectivity index (χ4v) is 2.35. The molecule has 0 rings (SSSR count). The van der Waals surface area contributed by atoms with Crippen molar-refractivity contribution in [3.05, 3.63) is 0 Å². The Morgan fingerprint density at radius 2 is 1.75 bits per heavy atom. The van der Waals surface area contributed by atoms with Crippen LogP contribution in [0.1, 0.15) is 47.0 Å². The van der Waals surface area contributed by atoms with E-state index in [-0.39, 0.29) is 18.4 Å². The molecule has 5 heteroatoms. The first-order chi connectivity index (χ1) is 9.27. The summed E-state index contributed by atoms with van der Waals surface area (Å²) in [5, 5.41) is 8.89. The zero-order chi connectivity index (χ0) is 15.7. The molecule has 0 saturated carbocycles. The van der Waals surface area contributed by atoms with Gasteiger partial charge in [-0.1, -0.05) is 27.7 Å². The molecule has 0 aliphatic rings. The summed E-state index contributed by atoms with van der Waals surface area (Å²) < 4.78 is 0. The first-order valence-corrected chi connectivity index (χ1v) is 7.47. The third-order valence-corrected chi connectivity index (χ3v) is 3.47. The molecule has 0 radical (unpaired) electrons. The second-order valence-electron chi connectivity index (χ2n) is 6.18. The Hall–Kier alpha value is -1.10.